The third-order valence-corrected chi connectivity index (χ3v) is 4.75. The van der Waals surface area contributed by atoms with Crippen LogP contribution in [0.3, 0.4) is 0 Å². The second-order valence-corrected chi connectivity index (χ2v) is 6.71. The van der Waals surface area contributed by atoms with Crippen LogP contribution >= 0.6 is 0 Å². The van der Waals surface area contributed by atoms with Crippen molar-refractivity contribution < 1.29 is 19.5 Å². The monoisotopic (exact) mass is 386 g/mol. The van der Waals surface area contributed by atoms with Crippen LogP contribution in [0, 0.1) is 5.92 Å². The van der Waals surface area contributed by atoms with Crippen molar-refractivity contribution in [3.8, 4) is 5.75 Å². The first-order valence-corrected chi connectivity index (χ1v) is 9.15. The summed E-state index contributed by atoms with van der Waals surface area (Å²) in [6, 6.07) is 23.6. The first kappa shape index (κ1) is 18.4. The molecule has 29 heavy (non-hydrogen) atoms. The molecule has 0 aliphatic carbocycles. The van der Waals surface area contributed by atoms with Crippen LogP contribution in [0.1, 0.15) is 5.56 Å². The van der Waals surface area contributed by atoms with Gasteiger partial charge in [0.15, 0.2) is 11.7 Å². The maximum Gasteiger partial charge on any atom is 0.266 e. The van der Waals surface area contributed by atoms with Gasteiger partial charge in [-0.3, -0.25) is 14.4 Å². The third kappa shape index (κ3) is 3.48. The standard InChI is InChI=1S/C23H18N2O4/c26-19-13-11-18(12-14-19)25-23(29)21(20(27)15-16-7-3-1-4-8-16)22(28)24(25)17-9-5-2-6-10-17/h1-14,21,26H,15H2. The van der Waals surface area contributed by atoms with E-state index in [-0.39, 0.29) is 12.2 Å². The van der Waals surface area contributed by atoms with Gasteiger partial charge in [0, 0.05) is 6.42 Å². The molecule has 1 fully saturated rings. The first-order chi connectivity index (χ1) is 14.1. The van der Waals surface area contributed by atoms with E-state index < -0.39 is 23.5 Å². The van der Waals surface area contributed by atoms with Crippen molar-refractivity contribution in [3.05, 3.63) is 90.5 Å². The quantitative estimate of drug-likeness (QED) is 0.684. The van der Waals surface area contributed by atoms with Gasteiger partial charge in [0.25, 0.3) is 11.8 Å². The zero-order valence-corrected chi connectivity index (χ0v) is 15.4. The number of ketones is 1. The molecule has 0 saturated carbocycles. The number of anilines is 2. The highest BCUT2D eigenvalue weighted by Crippen LogP contribution is 2.33. The summed E-state index contributed by atoms with van der Waals surface area (Å²) in [7, 11) is 0. The largest absolute Gasteiger partial charge is 0.508 e. The van der Waals surface area contributed by atoms with E-state index in [1.54, 1.807) is 54.6 Å². The highest BCUT2D eigenvalue weighted by molar-refractivity contribution is 6.32. The van der Waals surface area contributed by atoms with Crippen LogP contribution in [-0.2, 0) is 20.8 Å². The van der Waals surface area contributed by atoms with Crippen LogP contribution in [0.2, 0.25) is 0 Å². The molecule has 1 N–H and O–H groups in total. The lowest BCUT2D eigenvalue weighted by atomic mass is 9.97. The summed E-state index contributed by atoms with van der Waals surface area (Å²) < 4.78 is 0. The van der Waals surface area contributed by atoms with Gasteiger partial charge in [-0.15, -0.1) is 0 Å². The predicted octanol–water partition coefficient (Wildman–Crippen LogP) is 3.12. The van der Waals surface area contributed by atoms with Gasteiger partial charge < -0.3 is 5.11 Å². The molecule has 6 nitrogen and oxygen atoms in total. The van der Waals surface area contributed by atoms with E-state index in [4.69, 9.17) is 0 Å². The van der Waals surface area contributed by atoms with Crippen molar-refractivity contribution in [1.29, 1.82) is 0 Å². The van der Waals surface area contributed by atoms with Crippen molar-refractivity contribution in [3.63, 3.8) is 0 Å². The normalized spacial score (nSPS) is 16.3. The molecule has 0 aromatic heterocycles. The van der Waals surface area contributed by atoms with Gasteiger partial charge in [0.1, 0.15) is 5.75 Å². The van der Waals surface area contributed by atoms with Gasteiger partial charge in [-0.05, 0) is 42.0 Å². The van der Waals surface area contributed by atoms with Gasteiger partial charge in [0.05, 0.1) is 11.4 Å². The minimum absolute atomic E-state index is 0.00493. The smallest absolute Gasteiger partial charge is 0.266 e. The molecule has 3 aromatic carbocycles. The highest BCUT2D eigenvalue weighted by atomic mass is 16.3. The Morgan fingerprint density at radius 1 is 0.724 bits per heavy atom. The molecule has 0 spiro atoms. The van der Waals surface area contributed by atoms with Crippen LogP contribution < -0.4 is 10.0 Å². The lowest BCUT2D eigenvalue weighted by Gasteiger charge is -2.27. The van der Waals surface area contributed by atoms with Crippen molar-refractivity contribution in [2.24, 2.45) is 5.92 Å². The van der Waals surface area contributed by atoms with Crippen LogP contribution in [0.25, 0.3) is 0 Å². The number of amides is 2. The number of para-hydroxylation sites is 1. The molecule has 144 valence electrons. The second-order valence-electron chi connectivity index (χ2n) is 6.71. The Balaban J connectivity index is 1.73. The molecule has 2 amide bonds. The molecule has 0 bridgehead atoms. The molecule has 1 unspecified atom stereocenters. The zero-order valence-electron chi connectivity index (χ0n) is 15.4. The number of hydrogen-bond acceptors (Lipinski definition) is 4. The number of phenols is 1. The summed E-state index contributed by atoms with van der Waals surface area (Å²) in [5.41, 5.74) is 1.61. The highest BCUT2D eigenvalue weighted by Gasteiger charge is 2.50. The summed E-state index contributed by atoms with van der Waals surface area (Å²) in [6.45, 7) is 0. The second kappa shape index (κ2) is 7.59. The van der Waals surface area contributed by atoms with Crippen LogP contribution in [0.5, 0.6) is 5.75 Å². The van der Waals surface area contributed by atoms with Crippen molar-refractivity contribution >= 4 is 29.0 Å². The average Bonchev–Trinajstić information content (AvgIpc) is 3.00. The molecular formula is C23H18N2O4. The van der Waals surface area contributed by atoms with E-state index in [0.29, 0.717) is 11.4 Å². The summed E-state index contributed by atoms with van der Waals surface area (Å²) in [4.78, 5) is 39.3. The van der Waals surface area contributed by atoms with Crippen molar-refractivity contribution in [2.45, 2.75) is 6.42 Å². The minimum Gasteiger partial charge on any atom is -0.508 e. The summed E-state index contributed by atoms with van der Waals surface area (Å²) in [6.07, 6.45) is -0.00493. The van der Waals surface area contributed by atoms with Gasteiger partial charge in [0.2, 0.25) is 0 Å². The fraction of sp³-hybridized carbons (Fsp3) is 0.0870. The van der Waals surface area contributed by atoms with Gasteiger partial charge in [-0.25, -0.2) is 10.0 Å². The van der Waals surface area contributed by atoms with Crippen LogP contribution in [-0.4, -0.2) is 22.7 Å². The van der Waals surface area contributed by atoms with Crippen LogP contribution in [0.4, 0.5) is 11.4 Å². The topological polar surface area (TPSA) is 77.9 Å². The number of hydrazine groups is 1. The van der Waals surface area contributed by atoms with E-state index in [1.165, 1.54) is 34.3 Å². The molecule has 1 saturated heterocycles. The Kier molecular flexibility index (Phi) is 4.83. The summed E-state index contributed by atoms with van der Waals surface area (Å²) in [5.74, 6) is -3.02. The number of carbonyl (C=O) groups excluding carboxylic acids is 3. The Bertz CT molecular complexity index is 1050. The number of hydrogen-bond donors (Lipinski definition) is 1. The fourth-order valence-electron chi connectivity index (χ4n) is 3.37. The van der Waals surface area contributed by atoms with E-state index in [2.05, 4.69) is 0 Å². The average molecular weight is 386 g/mol. The van der Waals surface area contributed by atoms with Gasteiger partial charge in [-0.1, -0.05) is 48.5 Å². The Labute approximate surface area is 167 Å². The molecule has 0 radical (unpaired) electrons. The molecule has 1 atom stereocenters. The maximum absolute atomic E-state index is 13.2. The zero-order chi connectivity index (χ0) is 20.4. The SMILES string of the molecule is O=C(Cc1ccccc1)C1C(=O)N(c2ccccc2)N(c2ccc(O)cc2)C1=O. The molecule has 4 rings (SSSR count). The lowest BCUT2D eigenvalue weighted by Crippen LogP contribution is -2.41. The number of Topliss-reactive ketones (excluding diaryl/α,β-unsaturated/α-hetero) is 1. The Morgan fingerprint density at radius 3 is 1.76 bits per heavy atom. The minimum atomic E-state index is -1.41. The van der Waals surface area contributed by atoms with Crippen LogP contribution in [0.15, 0.2) is 84.9 Å². The maximum atomic E-state index is 13.2. The Morgan fingerprint density at radius 2 is 1.21 bits per heavy atom. The molecule has 1 heterocycles. The van der Waals surface area contributed by atoms with E-state index in [1.807, 2.05) is 6.07 Å². The first-order valence-electron chi connectivity index (χ1n) is 9.15. The number of phenolic OH excluding ortho intramolecular Hbond substituents is 1. The number of nitrogens with zero attached hydrogens (tertiary/aromatic N) is 2. The van der Waals surface area contributed by atoms with Crippen molar-refractivity contribution in [1.82, 2.24) is 0 Å². The lowest BCUT2D eigenvalue weighted by molar-refractivity contribution is -0.135. The molecular weight excluding hydrogens is 368 g/mol. The predicted molar refractivity (Wildman–Crippen MR) is 108 cm³/mol. The van der Waals surface area contributed by atoms with Crippen molar-refractivity contribution in [2.75, 3.05) is 10.0 Å². The number of carbonyl (C=O) groups is 3. The molecule has 6 heteroatoms. The van der Waals surface area contributed by atoms with E-state index in [9.17, 15) is 19.5 Å². The number of rotatable bonds is 5. The molecule has 3 aromatic rings. The fourth-order valence-corrected chi connectivity index (χ4v) is 3.37. The summed E-state index contributed by atoms with van der Waals surface area (Å²) in [5, 5.41) is 12.0. The number of benzene rings is 3. The Hall–Kier alpha value is -3.93. The van der Waals surface area contributed by atoms with Gasteiger partial charge in [-0.2, -0.15) is 0 Å². The molecule has 1 aliphatic rings. The summed E-state index contributed by atoms with van der Waals surface area (Å²) >= 11 is 0. The molecule has 1 aliphatic heterocycles. The van der Waals surface area contributed by atoms with E-state index in [0.717, 1.165) is 5.56 Å². The third-order valence-electron chi connectivity index (χ3n) is 4.75. The van der Waals surface area contributed by atoms with E-state index >= 15 is 0 Å². The number of aromatic hydroxyl groups is 1. The van der Waals surface area contributed by atoms with Gasteiger partial charge >= 0.3 is 0 Å².